The topological polar surface area (TPSA) is 120 Å². The second-order valence-electron chi connectivity index (χ2n) is 6.24. The van der Waals surface area contributed by atoms with Crippen LogP contribution in [0.3, 0.4) is 0 Å². The molecule has 3 rings (SSSR count). The van der Waals surface area contributed by atoms with Crippen LogP contribution in [-0.2, 0) is 16.5 Å². The fraction of sp³-hybridized carbons (Fsp3) is 0.278. The second kappa shape index (κ2) is 6.99. The molecule has 27 heavy (non-hydrogen) atoms. The molecule has 1 atom stereocenters. The highest BCUT2D eigenvalue weighted by Crippen LogP contribution is 2.18. The van der Waals surface area contributed by atoms with Gasteiger partial charge in [0.15, 0.2) is 0 Å². The van der Waals surface area contributed by atoms with Gasteiger partial charge in [0.1, 0.15) is 16.7 Å². The molecule has 0 fully saturated rings. The lowest BCUT2D eigenvalue weighted by atomic mass is 10.1. The summed E-state index contributed by atoms with van der Waals surface area (Å²) in [6, 6.07) is 10.9. The average Bonchev–Trinajstić information content (AvgIpc) is 2.89. The summed E-state index contributed by atoms with van der Waals surface area (Å²) in [6.45, 7) is 3.50. The van der Waals surface area contributed by atoms with Gasteiger partial charge in [-0.3, -0.25) is 0 Å². The van der Waals surface area contributed by atoms with Crippen molar-refractivity contribution in [2.24, 2.45) is 9.98 Å². The minimum Gasteiger partial charge on any atom is -0.530 e. The molecule has 8 nitrogen and oxygen atoms in total. The highest BCUT2D eigenvalue weighted by Gasteiger charge is 2.25. The summed E-state index contributed by atoms with van der Waals surface area (Å²) in [4.78, 5) is 19.1. The third kappa shape index (κ3) is 4.25. The summed E-state index contributed by atoms with van der Waals surface area (Å²) in [5, 5.41) is 13.6. The Morgan fingerprint density at radius 2 is 1.81 bits per heavy atom. The number of amides is 1. The van der Waals surface area contributed by atoms with E-state index in [1.54, 1.807) is 12.1 Å². The molecule has 1 unspecified atom stereocenters. The first-order valence-electron chi connectivity index (χ1n) is 8.33. The van der Waals surface area contributed by atoms with Crippen LogP contribution in [0.25, 0.3) is 0 Å². The van der Waals surface area contributed by atoms with Gasteiger partial charge in [-0.2, -0.15) is 8.42 Å². The van der Waals surface area contributed by atoms with Crippen LogP contribution in [0, 0.1) is 0 Å². The third-order valence-corrected chi connectivity index (χ3v) is 5.18. The van der Waals surface area contributed by atoms with Crippen LogP contribution in [0.5, 0.6) is 5.75 Å². The Labute approximate surface area is 156 Å². The van der Waals surface area contributed by atoms with Gasteiger partial charge in [-0.25, -0.2) is 9.98 Å². The minimum absolute atomic E-state index is 0.0490. The Hall–Kier alpha value is -2.94. The molecule has 0 saturated heterocycles. The number of fused-ring (bicyclic) bond motifs is 1. The highest BCUT2D eigenvalue weighted by molar-refractivity contribution is 7.87. The van der Waals surface area contributed by atoms with E-state index in [0.717, 1.165) is 18.4 Å². The normalized spacial score (nSPS) is 18.1. The Balaban J connectivity index is 1.86. The van der Waals surface area contributed by atoms with Crippen LogP contribution >= 0.6 is 0 Å². The zero-order valence-electron chi connectivity index (χ0n) is 14.8. The van der Waals surface area contributed by atoms with Gasteiger partial charge in [0.05, 0.1) is 10.7 Å². The van der Waals surface area contributed by atoms with E-state index in [1.807, 2.05) is 6.92 Å². The van der Waals surface area contributed by atoms with Crippen LogP contribution in [0.2, 0.25) is 0 Å². The summed E-state index contributed by atoms with van der Waals surface area (Å²) < 4.78 is 30.1. The predicted molar refractivity (Wildman–Crippen MR) is 93.9 cm³/mol. The molecule has 0 aliphatic carbocycles. The molecule has 2 aromatic rings. The molecule has 0 aromatic heterocycles. The monoisotopic (exact) mass is 388 g/mol. The van der Waals surface area contributed by atoms with Crippen molar-refractivity contribution in [2.45, 2.75) is 37.4 Å². The first-order chi connectivity index (χ1) is 12.7. The number of rotatable bonds is 6. The summed E-state index contributed by atoms with van der Waals surface area (Å²) in [7, 11) is -4.00. The van der Waals surface area contributed by atoms with Gasteiger partial charge >= 0.3 is 10.1 Å². The fourth-order valence-corrected chi connectivity index (χ4v) is 3.69. The van der Waals surface area contributed by atoms with Gasteiger partial charge in [-0.1, -0.05) is 25.5 Å². The van der Waals surface area contributed by atoms with Crippen molar-refractivity contribution in [1.82, 2.24) is 5.32 Å². The maximum Gasteiger partial charge on any atom is 0.339 e. The highest BCUT2D eigenvalue weighted by atomic mass is 32.2. The van der Waals surface area contributed by atoms with Gasteiger partial charge in [0.2, 0.25) is 5.79 Å². The summed E-state index contributed by atoms with van der Waals surface area (Å²) in [5.41, 5.74) is 1.05. The number of hydrogen-bond acceptors (Lipinski definition) is 7. The van der Waals surface area contributed by atoms with E-state index in [4.69, 9.17) is 4.18 Å². The number of carboxylic acid groups (broad SMARTS) is 1. The van der Waals surface area contributed by atoms with E-state index in [9.17, 15) is 18.3 Å². The van der Waals surface area contributed by atoms with Crippen molar-refractivity contribution < 1.29 is 22.5 Å². The molecule has 1 aliphatic rings. The van der Waals surface area contributed by atoms with E-state index in [1.165, 1.54) is 37.3 Å². The average molecular weight is 388 g/mol. The molecule has 1 aliphatic heterocycles. The molecule has 0 spiro atoms. The molecular formula is C18H18N3O5S-. The number of nitrogens with one attached hydrogen (secondary N) is 1. The second-order valence-corrected chi connectivity index (χ2v) is 7.79. The third-order valence-electron chi connectivity index (χ3n) is 3.92. The molecule has 1 N–H and O–H groups in total. The van der Waals surface area contributed by atoms with E-state index in [0.29, 0.717) is 10.7 Å². The van der Waals surface area contributed by atoms with Crippen LogP contribution in [-0.4, -0.2) is 20.3 Å². The lowest BCUT2D eigenvalue weighted by Gasteiger charge is -2.20. The largest absolute Gasteiger partial charge is 0.530 e. The molecule has 2 aromatic carbocycles. The van der Waals surface area contributed by atoms with Crippen LogP contribution in [0.1, 0.15) is 25.8 Å². The number of hydrogen-bond donors (Lipinski definition) is 1. The molecule has 9 heteroatoms. The lowest BCUT2D eigenvalue weighted by Crippen LogP contribution is -2.48. The van der Waals surface area contributed by atoms with E-state index >= 15 is 0 Å². The van der Waals surface area contributed by atoms with E-state index < -0.39 is 22.0 Å². The maximum atomic E-state index is 12.5. The molecule has 1 amide bonds. The van der Waals surface area contributed by atoms with Crippen molar-refractivity contribution in [3.05, 3.63) is 58.7 Å². The van der Waals surface area contributed by atoms with E-state index in [2.05, 4.69) is 15.3 Å². The minimum atomic E-state index is -4.00. The maximum absolute atomic E-state index is 12.5. The molecule has 142 valence electrons. The van der Waals surface area contributed by atoms with Gasteiger partial charge in [-0.05, 0) is 36.2 Å². The number of carbonyl (C=O) groups is 1. The number of benzene rings is 2. The molecule has 0 radical (unpaired) electrons. The van der Waals surface area contributed by atoms with Crippen molar-refractivity contribution in [2.75, 3.05) is 0 Å². The Kier molecular flexibility index (Phi) is 4.88. The van der Waals surface area contributed by atoms with Gasteiger partial charge in [-0.15, -0.1) is 0 Å². The molecular weight excluding hydrogens is 370 g/mol. The zero-order valence-corrected chi connectivity index (χ0v) is 15.6. The first-order valence-corrected chi connectivity index (χ1v) is 9.74. The Morgan fingerprint density at radius 1 is 1.15 bits per heavy atom. The quantitative estimate of drug-likeness (QED) is 0.712. The van der Waals surface area contributed by atoms with Crippen molar-refractivity contribution in [1.29, 1.82) is 0 Å². The smallest absolute Gasteiger partial charge is 0.339 e. The zero-order chi connectivity index (χ0) is 19.7. The van der Waals surface area contributed by atoms with Crippen molar-refractivity contribution in [3.63, 3.8) is 0 Å². The molecule has 0 bridgehead atoms. The number of aryl methyl sites for hydroxylation is 1. The Morgan fingerprint density at radius 3 is 2.44 bits per heavy atom. The van der Waals surface area contributed by atoms with Crippen LogP contribution in [0.4, 0.5) is 4.79 Å². The number of carbonyl (C=O) groups excluding carboxylic acids is 1. The van der Waals surface area contributed by atoms with Gasteiger partial charge in [0.25, 0.3) is 0 Å². The summed E-state index contributed by atoms with van der Waals surface area (Å²) in [6.07, 6.45) is 0.330. The van der Waals surface area contributed by atoms with Gasteiger partial charge in [0, 0.05) is 13.0 Å². The Bertz CT molecular complexity index is 1100. The lowest BCUT2D eigenvalue weighted by molar-refractivity contribution is -0.252. The number of nitrogens with zero attached hydrogens (tertiary/aromatic N) is 2. The summed E-state index contributed by atoms with van der Waals surface area (Å²) in [5.74, 6) is -1.35. The van der Waals surface area contributed by atoms with Crippen LogP contribution in [0.15, 0.2) is 57.3 Å². The van der Waals surface area contributed by atoms with Gasteiger partial charge < -0.3 is 19.4 Å². The van der Waals surface area contributed by atoms with Crippen LogP contribution < -0.4 is 25.3 Å². The first kappa shape index (κ1) is 18.8. The summed E-state index contributed by atoms with van der Waals surface area (Å²) >= 11 is 0. The predicted octanol–water partition coefficient (Wildman–Crippen LogP) is 0.266. The standard InChI is InChI=1S/C18H19N3O5S/c1-3-4-12-5-8-14(9-6-12)27(24,25)26-13-7-10-15-16(11-13)20-18(2,19-15)21-17(22)23/h5-11,21H,3-4H2,1-2H3,(H,22,23)/p-1. The SMILES string of the molecule is CCCc1ccc(S(=O)(=O)Oc2ccc3c(c2)=NC(C)(NC(=O)[O-])N=3)cc1. The van der Waals surface area contributed by atoms with E-state index in [-0.39, 0.29) is 10.6 Å². The van der Waals surface area contributed by atoms with Crippen molar-refractivity contribution >= 4 is 16.2 Å². The van der Waals surface area contributed by atoms with Crippen molar-refractivity contribution in [3.8, 4) is 5.75 Å². The molecule has 1 heterocycles. The fourth-order valence-electron chi connectivity index (χ4n) is 2.77. The molecule has 0 saturated carbocycles.